The largest absolute Gasteiger partial charge is 0.530 e. The van der Waals surface area contributed by atoms with Crippen LogP contribution in [0, 0.1) is 0 Å². The maximum atomic E-state index is 11.9. The van der Waals surface area contributed by atoms with E-state index in [1.807, 2.05) is 0 Å². The van der Waals surface area contributed by atoms with E-state index in [2.05, 4.69) is 15.6 Å². The van der Waals surface area contributed by atoms with Gasteiger partial charge in [0.2, 0.25) is 0 Å². The molecule has 0 saturated carbocycles. The molecule has 0 aromatic heterocycles. The molecule has 0 aliphatic carbocycles. The Hall–Kier alpha value is -0.220. The highest BCUT2D eigenvalue weighted by Crippen LogP contribution is 2.52. The van der Waals surface area contributed by atoms with Gasteiger partial charge in [0.25, 0.3) is 0 Å². The SMILES string of the molecule is C=C(OP(=O)(OC)OCCl)c1ccc(Cl)cc1Cl. The molecule has 18 heavy (non-hydrogen) atoms. The Balaban J connectivity index is 2.91. The minimum Gasteiger partial charge on any atom is -0.404 e. The van der Waals surface area contributed by atoms with Crippen molar-refractivity contribution >= 4 is 48.4 Å². The first-order valence-electron chi connectivity index (χ1n) is 4.62. The summed E-state index contributed by atoms with van der Waals surface area (Å²) in [4.78, 5) is 0. The van der Waals surface area contributed by atoms with Gasteiger partial charge in [-0.05, 0) is 18.2 Å². The maximum absolute atomic E-state index is 11.9. The first-order chi connectivity index (χ1) is 8.41. The van der Waals surface area contributed by atoms with Crippen molar-refractivity contribution in [3.63, 3.8) is 0 Å². The number of phosphoric ester groups is 1. The molecule has 0 N–H and O–H groups in total. The molecule has 0 spiro atoms. The Morgan fingerprint density at radius 1 is 1.44 bits per heavy atom. The van der Waals surface area contributed by atoms with Crippen LogP contribution in [0.1, 0.15) is 5.56 Å². The monoisotopic (exact) mass is 330 g/mol. The van der Waals surface area contributed by atoms with E-state index in [9.17, 15) is 4.57 Å². The second-order valence-electron chi connectivity index (χ2n) is 3.01. The lowest BCUT2D eigenvalue weighted by Gasteiger charge is -2.17. The lowest BCUT2D eigenvalue weighted by Crippen LogP contribution is -1.97. The summed E-state index contributed by atoms with van der Waals surface area (Å²) in [5.41, 5.74) is 0.427. The van der Waals surface area contributed by atoms with Crippen LogP contribution in [0.4, 0.5) is 0 Å². The second kappa shape index (κ2) is 6.80. The minimum atomic E-state index is -3.78. The molecular formula is C10H10Cl3O4P. The second-order valence-corrected chi connectivity index (χ2v) is 5.77. The molecule has 0 amide bonds. The van der Waals surface area contributed by atoms with Gasteiger partial charge < -0.3 is 4.52 Å². The number of rotatable bonds is 6. The van der Waals surface area contributed by atoms with Gasteiger partial charge >= 0.3 is 7.82 Å². The fourth-order valence-corrected chi connectivity index (χ4v) is 2.67. The normalized spacial score (nSPS) is 14.0. The maximum Gasteiger partial charge on any atom is 0.530 e. The quantitative estimate of drug-likeness (QED) is 0.420. The van der Waals surface area contributed by atoms with E-state index >= 15 is 0 Å². The molecule has 1 rings (SSSR count). The minimum absolute atomic E-state index is 0.0342. The molecule has 1 aromatic carbocycles. The third-order valence-electron chi connectivity index (χ3n) is 1.88. The highest BCUT2D eigenvalue weighted by atomic mass is 35.5. The van der Waals surface area contributed by atoms with Crippen LogP contribution in [-0.2, 0) is 18.1 Å². The van der Waals surface area contributed by atoms with Crippen LogP contribution in [0.5, 0.6) is 0 Å². The van der Waals surface area contributed by atoms with E-state index in [-0.39, 0.29) is 11.8 Å². The fraction of sp³-hybridized carbons (Fsp3) is 0.200. The first-order valence-corrected chi connectivity index (χ1v) is 7.37. The zero-order valence-corrected chi connectivity index (χ0v) is 12.5. The van der Waals surface area contributed by atoms with Gasteiger partial charge in [0.1, 0.15) is 11.8 Å². The van der Waals surface area contributed by atoms with Crippen LogP contribution >= 0.6 is 42.6 Å². The molecule has 0 heterocycles. The summed E-state index contributed by atoms with van der Waals surface area (Å²) in [5, 5.41) is 0.768. The summed E-state index contributed by atoms with van der Waals surface area (Å²) in [6.45, 7) is 3.61. The van der Waals surface area contributed by atoms with E-state index < -0.39 is 7.82 Å². The Morgan fingerprint density at radius 3 is 2.61 bits per heavy atom. The van der Waals surface area contributed by atoms with Gasteiger partial charge in [-0.3, -0.25) is 9.05 Å². The Labute approximate surface area is 120 Å². The number of alkyl halides is 1. The smallest absolute Gasteiger partial charge is 0.404 e. The van der Waals surface area contributed by atoms with Crippen molar-refractivity contribution < 1.29 is 18.1 Å². The highest BCUT2D eigenvalue weighted by Gasteiger charge is 2.27. The zero-order valence-electron chi connectivity index (χ0n) is 9.36. The van der Waals surface area contributed by atoms with Crippen molar-refractivity contribution in [3.05, 3.63) is 40.4 Å². The Bertz CT molecular complexity index is 492. The van der Waals surface area contributed by atoms with Crippen LogP contribution in [-0.4, -0.2) is 13.2 Å². The molecule has 100 valence electrons. The topological polar surface area (TPSA) is 44.8 Å². The number of benzene rings is 1. The van der Waals surface area contributed by atoms with Gasteiger partial charge in [0.05, 0.1) is 5.02 Å². The van der Waals surface area contributed by atoms with Gasteiger partial charge in [-0.25, -0.2) is 4.57 Å². The average Bonchev–Trinajstić information content (AvgIpc) is 2.28. The van der Waals surface area contributed by atoms with E-state index in [1.165, 1.54) is 13.2 Å². The summed E-state index contributed by atoms with van der Waals surface area (Å²) in [5.74, 6) is 0.0342. The summed E-state index contributed by atoms with van der Waals surface area (Å²) in [7, 11) is -2.61. The fourth-order valence-electron chi connectivity index (χ4n) is 1.08. The molecule has 0 radical (unpaired) electrons. The molecule has 0 aliphatic heterocycles. The van der Waals surface area contributed by atoms with Crippen LogP contribution in [0.2, 0.25) is 10.0 Å². The van der Waals surface area contributed by atoms with Crippen molar-refractivity contribution in [1.29, 1.82) is 0 Å². The van der Waals surface area contributed by atoms with Crippen molar-refractivity contribution in [2.75, 3.05) is 13.2 Å². The van der Waals surface area contributed by atoms with Crippen molar-refractivity contribution in [2.45, 2.75) is 0 Å². The van der Waals surface area contributed by atoms with Gasteiger partial charge in [-0.1, -0.05) is 41.4 Å². The predicted molar refractivity (Wildman–Crippen MR) is 73.0 cm³/mol. The van der Waals surface area contributed by atoms with E-state index in [1.54, 1.807) is 12.1 Å². The van der Waals surface area contributed by atoms with Gasteiger partial charge in [-0.2, -0.15) is 0 Å². The van der Waals surface area contributed by atoms with Crippen molar-refractivity contribution in [2.24, 2.45) is 0 Å². The van der Waals surface area contributed by atoms with Crippen LogP contribution in [0.15, 0.2) is 24.8 Å². The number of hydrogen-bond acceptors (Lipinski definition) is 4. The lowest BCUT2D eigenvalue weighted by molar-refractivity contribution is 0.193. The van der Waals surface area contributed by atoms with E-state index in [0.717, 1.165) is 0 Å². The Kier molecular flexibility index (Phi) is 5.99. The van der Waals surface area contributed by atoms with Crippen molar-refractivity contribution in [1.82, 2.24) is 0 Å². The molecule has 1 unspecified atom stereocenters. The van der Waals surface area contributed by atoms with Crippen molar-refractivity contribution in [3.8, 4) is 0 Å². The third kappa shape index (κ3) is 4.16. The molecule has 1 atom stereocenters. The molecule has 8 heteroatoms. The molecule has 0 fully saturated rings. The van der Waals surface area contributed by atoms with Gasteiger partial charge in [0.15, 0.2) is 0 Å². The molecule has 1 aromatic rings. The predicted octanol–water partition coefficient (Wildman–Crippen LogP) is 4.95. The lowest BCUT2D eigenvalue weighted by atomic mass is 10.2. The molecular weight excluding hydrogens is 321 g/mol. The number of hydrogen-bond donors (Lipinski definition) is 0. The number of phosphoric acid groups is 1. The summed E-state index contributed by atoms with van der Waals surface area (Å²) in [6, 6.07) is 4.34. The Morgan fingerprint density at radius 2 is 2.11 bits per heavy atom. The molecule has 0 saturated heterocycles. The summed E-state index contributed by atoms with van der Waals surface area (Å²) >= 11 is 17.0. The van der Waals surface area contributed by atoms with E-state index in [0.29, 0.717) is 15.6 Å². The standard InChI is InChI=1S/C10H10Cl3O4P/c1-7(17-18(14,15-2)16-6-11)9-4-3-8(12)5-10(9)13/h3-5H,1,6H2,2H3. The van der Waals surface area contributed by atoms with Crippen LogP contribution in [0.3, 0.4) is 0 Å². The van der Waals surface area contributed by atoms with E-state index in [4.69, 9.17) is 39.3 Å². The summed E-state index contributed by atoms with van der Waals surface area (Å²) in [6.07, 6.45) is 0. The zero-order chi connectivity index (χ0) is 13.8. The van der Waals surface area contributed by atoms with Gasteiger partial charge in [-0.15, -0.1) is 0 Å². The molecule has 0 bridgehead atoms. The third-order valence-corrected chi connectivity index (χ3v) is 4.03. The average molecular weight is 332 g/mol. The van der Waals surface area contributed by atoms with Crippen LogP contribution < -0.4 is 0 Å². The van der Waals surface area contributed by atoms with Gasteiger partial charge in [0, 0.05) is 17.7 Å². The summed E-state index contributed by atoms with van der Waals surface area (Å²) < 4.78 is 26.2. The van der Waals surface area contributed by atoms with Crippen LogP contribution in [0.25, 0.3) is 5.76 Å². The first kappa shape index (κ1) is 15.8. The molecule has 4 nitrogen and oxygen atoms in total. The molecule has 0 aliphatic rings. The highest BCUT2D eigenvalue weighted by molar-refractivity contribution is 7.48. The number of halogens is 3.